The molecule has 2 fully saturated rings. The van der Waals surface area contributed by atoms with Crippen molar-refractivity contribution >= 4 is 17.5 Å². The molecular weight excluding hydrogens is 274 g/mol. The van der Waals surface area contributed by atoms with E-state index in [-0.39, 0.29) is 11.8 Å². The maximum Gasteiger partial charge on any atom is 0.223 e. The minimum absolute atomic E-state index is 0.00396. The molecule has 2 atom stereocenters. The van der Waals surface area contributed by atoms with Gasteiger partial charge < -0.3 is 10.0 Å². The lowest BCUT2D eigenvalue weighted by Crippen LogP contribution is -2.34. The third kappa shape index (κ3) is 2.70. The van der Waals surface area contributed by atoms with Crippen molar-refractivity contribution in [3.05, 3.63) is 34.9 Å². The average Bonchev–Trinajstić information content (AvgIpc) is 3.07. The molecule has 3 nitrogen and oxygen atoms in total. The Balaban J connectivity index is 1.69. The van der Waals surface area contributed by atoms with E-state index in [2.05, 4.69) is 0 Å². The fraction of sp³-hybridized carbons (Fsp3) is 0.562. The molecule has 2 unspecified atom stereocenters. The van der Waals surface area contributed by atoms with Crippen LogP contribution in [0.4, 0.5) is 0 Å². The number of amides is 1. The summed E-state index contributed by atoms with van der Waals surface area (Å²) < 4.78 is 0. The lowest BCUT2D eigenvalue weighted by molar-refractivity contribution is -0.129. The van der Waals surface area contributed by atoms with E-state index in [1.165, 1.54) is 12.8 Å². The molecule has 20 heavy (non-hydrogen) atoms. The number of benzene rings is 1. The molecule has 0 aromatic heterocycles. The van der Waals surface area contributed by atoms with Gasteiger partial charge in [0.05, 0.1) is 6.10 Å². The Hall–Kier alpha value is -1.06. The molecule has 1 aromatic carbocycles. The lowest BCUT2D eigenvalue weighted by atomic mass is 9.95. The first-order chi connectivity index (χ1) is 9.65. The van der Waals surface area contributed by atoms with Crippen LogP contribution in [-0.2, 0) is 4.79 Å². The van der Waals surface area contributed by atoms with Crippen molar-refractivity contribution < 1.29 is 9.90 Å². The van der Waals surface area contributed by atoms with Gasteiger partial charge in [-0.2, -0.15) is 0 Å². The van der Waals surface area contributed by atoms with Crippen LogP contribution < -0.4 is 0 Å². The van der Waals surface area contributed by atoms with E-state index in [1.54, 1.807) is 12.1 Å². The molecular formula is C16H20ClNO2. The summed E-state index contributed by atoms with van der Waals surface area (Å²) in [7, 11) is 0. The fourth-order valence-electron chi connectivity index (χ4n) is 3.47. The number of likely N-dealkylation sites (tertiary alicyclic amines) is 1. The Labute approximate surface area is 124 Å². The van der Waals surface area contributed by atoms with Crippen molar-refractivity contribution in [3.63, 3.8) is 0 Å². The molecule has 4 heteroatoms. The SMILES string of the molecule is O=C1CC(C(O)c2ccc(Cl)cc2)CN1C1CCCC1. The van der Waals surface area contributed by atoms with E-state index in [0.717, 1.165) is 18.4 Å². The number of aliphatic hydroxyl groups is 1. The second-order valence-corrected chi connectivity index (χ2v) is 6.38. The zero-order valence-electron chi connectivity index (χ0n) is 11.5. The molecule has 1 heterocycles. The Morgan fingerprint density at radius 1 is 1.20 bits per heavy atom. The van der Waals surface area contributed by atoms with E-state index in [9.17, 15) is 9.90 Å². The third-order valence-electron chi connectivity index (χ3n) is 4.61. The first kappa shape index (κ1) is 13.9. The van der Waals surface area contributed by atoms with Gasteiger partial charge >= 0.3 is 0 Å². The highest BCUT2D eigenvalue weighted by atomic mass is 35.5. The number of carbonyl (C=O) groups excluding carboxylic acids is 1. The molecule has 0 spiro atoms. The molecule has 0 bridgehead atoms. The van der Waals surface area contributed by atoms with Crippen LogP contribution in [0.3, 0.4) is 0 Å². The molecule has 0 radical (unpaired) electrons. The predicted octanol–water partition coefficient (Wildman–Crippen LogP) is 3.16. The van der Waals surface area contributed by atoms with Crippen LogP contribution in [0.1, 0.15) is 43.8 Å². The number of hydrogen-bond donors (Lipinski definition) is 1. The quantitative estimate of drug-likeness (QED) is 0.930. The fourth-order valence-corrected chi connectivity index (χ4v) is 3.60. The first-order valence-electron chi connectivity index (χ1n) is 7.38. The standard InChI is InChI=1S/C16H20ClNO2/c17-13-7-5-11(6-8-13)16(20)12-9-15(19)18(10-12)14-3-1-2-4-14/h5-8,12,14,16,20H,1-4,9-10H2. The maximum atomic E-state index is 12.2. The first-order valence-corrected chi connectivity index (χ1v) is 7.76. The summed E-state index contributed by atoms with van der Waals surface area (Å²) in [6.45, 7) is 0.688. The summed E-state index contributed by atoms with van der Waals surface area (Å²) in [6, 6.07) is 7.66. The van der Waals surface area contributed by atoms with Gasteiger partial charge in [0, 0.05) is 29.9 Å². The third-order valence-corrected chi connectivity index (χ3v) is 4.86. The Kier molecular flexibility index (Phi) is 3.99. The van der Waals surface area contributed by atoms with Gasteiger partial charge in [0.2, 0.25) is 5.91 Å². The summed E-state index contributed by atoms with van der Waals surface area (Å²) in [4.78, 5) is 14.2. The van der Waals surface area contributed by atoms with E-state index in [0.29, 0.717) is 24.0 Å². The summed E-state index contributed by atoms with van der Waals surface area (Å²) in [5.74, 6) is 0.208. The topological polar surface area (TPSA) is 40.5 Å². The highest BCUT2D eigenvalue weighted by Gasteiger charge is 2.38. The zero-order valence-corrected chi connectivity index (χ0v) is 12.2. The van der Waals surface area contributed by atoms with Crippen molar-refractivity contribution in [2.24, 2.45) is 5.92 Å². The number of rotatable bonds is 3. The van der Waals surface area contributed by atoms with Crippen molar-refractivity contribution in [1.82, 2.24) is 4.90 Å². The Morgan fingerprint density at radius 3 is 2.50 bits per heavy atom. The number of nitrogens with zero attached hydrogens (tertiary/aromatic N) is 1. The lowest BCUT2D eigenvalue weighted by Gasteiger charge is -2.25. The van der Waals surface area contributed by atoms with Gasteiger partial charge in [0.25, 0.3) is 0 Å². The second kappa shape index (κ2) is 5.74. The molecule has 1 saturated heterocycles. The number of halogens is 1. The molecule has 1 amide bonds. The smallest absolute Gasteiger partial charge is 0.223 e. The number of carbonyl (C=O) groups is 1. The van der Waals surface area contributed by atoms with E-state index >= 15 is 0 Å². The molecule has 2 aliphatic rings. The van der Waals surface area contributed by atoms with Crippen LogP contribution in [-0.4, -0.2) is 28.5 Å². The molecule has 1 aromatic rings. The summed E-state index contributed by atoms with van der Waals surface area (Å²) in [6.07, 6.45) is 4.56. The van der Waals surface area contributed by atoms with Crippen LogP contribution in [0.25, 0.3) is 0 Å². The van der Waals surface area contributed by atoms with Gasteiger partial charge in [0.1, 0.15) is 0 Å². The Morgan fingerprint density at radius 2 is 1.85 bits per heavy atom. The van der Waals surface area contributed by atoms with Crippen LogP contribution in [0.5, 0.6) is 0 Å². The molecule has 1 N–H and O–H groups in total. The highest BCUT2D eigenvalue weighted by Crippen LogP contribution is 2.35. The summed E-state index contributed by atoms with van der Waals surface area (Å²) >= 11 is 5.86. The second-order valence-electron chi connectivity index (χ2n) is 5.94. The largest absolute Gasteiger partial charge is 0.388 e. The normalized spacial score (nSPS) is 25.4. The number of hydrogen-bond acceptors (Lipinski definition) is 2. The van der Waals surface area contributed by atoms with Gasteiger partial charge in [-0.05, 0) is 30.5 Å². The van der Waals surface area contributed by atoms with E-state index < -0.39 is 6.10 Å². The average molecular weight is 294 g/mol. The molecule has 1 saturated carbocycles. The van der Waals surface area contributed by atoms with Crippen LogP contribution in [0.2, 0.25) is 5.02 Å². The van der Waals surface area contributed by atoms with Crippen LogP contribution >= 0.6 is 11.6 Å². The monoisotopic (exact) mass is 293 g/mol. The molecule has 1 aliphatic heterocycles. The van der Waals surface area contributed by atoms with Gasteiger partial charge in [-0.25, -0.2) is 0 Å². The maximum absolute atomic E-state index is 12.2. The van der Waals surface area contributed by atoms with Crippen molar-refractivity contribution in [1.29, 1.82) is 0 Å². The minimum atomic E-state index is -0.581. The van der Waals surface area contributed by atoms with Gasteiger partial charge in [-0.1, -0.05) is 36.6 Å². The molecule has 1 aliphatic carbocycles. The van der Waals surface area contributed by atoms with Gasteiger partial charge in [-0.3, -0.25) is 4.79 Å². The molecule has 3 rings (SSSR count). The van der Waals surface area contributed by atoms with Crippen LogP contribution in [0, 0.1) is 5.92 Å². The number of aliphatic hydroxyl groups excluding tert-OH is 1. The van der Waals surface area contributed by atoms with E-state index in [1.807, 2.05) is 17.0 Å². The highest BCUT2D eigenvalue weighted by molar-refractivity contribution is 6.30. The van der Waals surface area contributed by atoms with Gasteiger partial charge in [-0.15, -0.1) is 0 Å². The van der Waals surface area contributed by atoms with E-state index in [4.69, 9.17) is 11.6 Å². The van der Waals surface area contributed by atoms with Crippen molar-refractivity contribution in [3.8, 4) is 0 Å². The summed E-state index contributed by atoms with van der Waals surface area (Å²) in [5, 5.41) is 11.1. The summed E-state index contributed by atoms with van der Waals surface area (Å²) in [5.41, 5.74) is 0.848. The zero-order chi connectivity index (χ0) is 14.1. The minimum Gasteiger partial charge on any atom is -0.388 e. The predicted molar refractivity (Wildman–Crippen MR) is 78.5 cm³/mol. The van der Waals surface area contributed by atoms with Crippen LogP contribution in [0.15, 0.2) is 24.3 Å². The van der Waals surface area contributed by atoms with Crippen molar-refractivity contribution in [2.75, 3.05) is 6.54 Å². The van der Waals surface area contributed by atoms with Gasteiger partial charge in [0.15, 0.2) is 0 Å². The molecule has 108 valence electrons. The Bertz CT molecular complexity index is 482. The van der Waals surface area contributed by atoms with Crippen molar-refractivity contribution in [2.45, 2.75) is 44.2 Å².